The SMILES string of the molecule is CCO[Si](CC(CCCCSSCCCCC(CC)C[Si](O)(O)O)CCCCC(CCCCSSSCCCCC(CC)C[Si](Cl)(Cl)Cl)C[Si](Cl)(Cl)Cl)(OCC)OCC. The molecule has 21 heteroatoms. The van der Waals surface area contributed by atoms with Gasteiger partial charge in [0.25, 0.3) is 0 Å². The first-order valence-electron chi connectivity index (χ1n) is 22.3. The summed E-state index contributed by atoms with van der Waals surface area (Å²) in [6, 6.07) is -2.72. The van der Waals surface area contributed by atoms with Crippen molar-refractivity contribution in [3.63, 3.8) is 0 Å². The molecule has 6 nitrogen and oxygen atoms in total. The van der Waals surface area contributed by atoms with Gasteiger partial charge in [-0.25, -0.2) is 0 Å². The average molecular weight is 1120 g/mol. The molecule has 0 amide bonds. The van der Waals surface area contributed by atoms with Crippen molar-refractivity contribution in [3.05, 3.63) is 0 Å². The molecule has 0 radical (unpaired) electrons. The number of unbranched alkanes of at least 4 members (excludes halogenated alkanes) is 5. The second-order valence-electron chi connectivity index (χ2n) is 15.7. The van der Waals surface area contributed by atoms with Crippen LogP contribution in [0, 0.1) is 23.7 Å². The first-order valence-corrected chi connectivity index (χ1v) is 43.1. The Morgan fingerprint density at radius 2 is 0.712 bits per heavy atom. The molecule has 0 aromatic rings. The van der Waals surface area contributed by atoms with Gasteiger partial charge in [-0.15, -0.1) is 66.5 Å². The van der Waals surface area contributed by atoms with Crippen LogP contribution in [0.15, 0.2) is 0 Å². The highest BCUT2D eigenvalue weighted by Gasteiger charge is 2.42. The first kappa shape index (κ1) is 63.1. The molecule has 4 atom stereocenters. The largest absolute Gasteiger partial charge is 0.501 e. The maximum absolute atomic E-state index is 9.44. The minimum Gasteiger partial charge on any atom is -0.390 e. The summed E-state index contributed by atoms with van der Waals surface area (Å²) in [4.78, 5) is 28.3. The molecule has 0 rings (SSSR count). The van der Waals surface area contributed by atoms with Crippen molar-refractivity contribution in [3.8, 4) is 0 Å². The second-order valence-corrected chi connectivity index (χ2v) is 45.9. The molecule has 0 spiro atoms. The highest BCUT2D eigenvalue weighted by atomic mass is 35.8. The summed E-state index contributed by atoms with van der Waals surface area (Å²) in [6.07, 6.45) is 20.2. The van der Waals surface area contributed by atoms with Gasteiger partial charge >= 0.3 is 29.6 Å². The molecule has 0 bridgehead atoms. The maximum atomic E-state index is 9.44. The third-order valence-corrected chi connectivity index (χ3v) is 26.6. The smallest absolute Gasteiger partial charge is 0.390 e. The van der Waals surface area contributed by atoms with Crippen molar-refractivity contribution < 1.29 is 27.7 Å². The van der Waals surface area contributed by atoms with Crippen molar-refractivity contribution in [1.82, 2.24) is 0 Å². The van der Waals surface area contributed by atoms with Gasteiger partial charge in [0.15, 0.2) is 0 Å². The number of rotatable bonds is 44. The Balaban J connectivity index is 4.76. The topological polar surface area (TPSA) is 88.4 Å². The highest BCUT2D eigenvalue weighted by molar-refractivity contribution is 9.09. The molecule has 4 unspecified atom stereocenters. The lowest BCUT2D eigenvalue weighted by Crippen LogP contribution is -2.47. The number of hydrogen-bond donors (Lipinski definition) is 3. The fourth-order valence-electron chi connectivity index (χ4n) is 7.42. The molecule has 3 N–H and O–H groups in total. The van der Waals surface area contributed by atoms with Crippen molar-refractivity contribution in [2.45, 2.75) is 174 Å². The summed E-state index contributed by atoms with van der Waals surface area (Å²) in [5.41, 5.74) is 0. The minimum absolute atomic E-state index is 0.153. The zero-order valence-corrected chi connectivity index (χ0v) is 49.3. The van der Waals surface area contributed by atoms with E-state index in [1.165, 1.54) is 38.5 Å². The van der Waals surface area contributed by atoms with Crippen LogP contribution in [0.1, 0.15) is 150 Å². The van der Waals surface area contributed by atoms with Crippen molar-refractivity contribution in [2.75, 3.05) is 42.8 Å². The Hall–Kier alpha value is 4.12. The number of halogens is 6. The lowest BCUT2D eigenvalue weighted by molar-refractivity contribution is 0.0659. The molecule has 0 aliphatic carbocycles. The van der Waals surface area contributed by atoms with Gasteiger partial charge < -0.3 is 27.7 Å². The second kappa shape index (κ2) is 39.0. The Morgan fingerprint density at radius 1 is 0.407 bits per heavy atom. The standard InChI is InChI=1S/C38H80Cl6O6S5Si4/c1-6-35(31-56(39,40)41)21-14-19-29-53-55-54-30-20-16-25-37(32-57(42,43)44)23-11-12-24-38(34-59(48-8-3,49-9-4)50-10-5)26-15-18-28-52-51-27-17-13-22-36(7-2)33-58(45,46)47/h35-38,45-47H,6-34H2,1-5H3. The quantitative estimate of drug-likeness (QED) is 0.0236. The van der Waals surface area contributed by atoms with E-state index in [1.807, 2.05) is 73.8 Å². The van der Waals surface area contributed by atoms with E-state index in [4.69, 9.17) is 79.8 Å². The third kappa shape index (κ3) is 40.9. The molecule has 0 aromatic carbocycles. The normalized spacial score (nSPS) is 15.2. The predicted molar refractivity (Wildman–Crippen MR) is 285 cm³/mol. The van der Waals surface area contributed by atoms with Crippen LogP contribution < -0.4 is 0 Å². The molecule has 0 aliphatic rings. The molecule has 356 valence electrons. The molecule has 0 saturated carbocycles. The van der Waals surface area contributed by atoms with Crippen LogP contribution in [0.25, 0.3) is 0 Å². The van der Waals surface area contributed by atoms with E-state index < -0.39 is 29.6 Å². The summed E-state index contributed by atoms with van der Waals surface area (Å²) in [5.74, 6) is 6.23. The van der Waals surface area contributed by atoms with Gasteiger partial charge in [0.1, 0.15) is 0 Å². The van der Waals surface area contributed by atoms with Gasteiger partial charge in [0, 0.05) is 54.9 Å². The van der Waals surface area contributed by atoms with Crippen LogP contribution in [-0.2, 0) is 13.3 Å². The molecule has 0 heterocycles. The average Bonchev–Trinajstić information content (AvgIpc) is 3.13. The fourth-order valence-corrected chi connectivity index (χ4v) is 24.2. The summed E-state index contributed by atoms with van der Waals surface area (Å²) in [7, 11) is 3.04. The van der Waals surface area contributed by atoms with Crippen molar-refractivity contribution >= 4 is 149 Å². The zero-order valence-electron chi connectivity index (χ0n) is 36.7. The highest BCUT2D eigenvalue weighted by Crippen LogP contribution is 2.39. The zero-order chi connectivity index (χ0) is 44.5. The summed E-state index contributed by atoms with van der Waals surface area (Å²) in [6.45, 7) is 12.1. The van der Waals surface area contributed by atoms with E-state index in [9.17, 15) is 14.4 Å². The Bertz CT molecular complexity index is 953. The van der Waals surface area contributed by atoms with Crippen LogP contribution in [0.2, 0.25) is 24.2 Å². The summed E-state index contributed by atoms with van der Waals surface area (Å²) >= 11 is 37.9. The van der Waals surface area contributed by atoms with E-state index in [1.54, 1.807) is 0 Å². The van der Waals surface area contributed by atoms with Crippen LogP contribution in [0.4, 0.5) is 0 Å². The van der Waals surface area contributed by atoms with E-state index in [0.717, 1.165) is 118 Å². The van der Waals surface area contributed by atoms with Crippen LogP contribution in [0.3, 0.4) is 0 Å². The summed E-state index contributed by atoms with van der Waals surface area (Å²) < 4.78 is 18.9. The Kier molecular flexibility index (Phi) is 41.7. The molecule has 0 fully saturated rings. The monoisotopic (exact) mass is 1110 g/mol. The van der Waals surface area contributed by atoms with Gasteiger partial charge in [-0.2, -0.15) is 0 Å². The predicted octanol–water partition coefficient (Wildman–Crippen LogP) is 16.2. The van der Waals surface area contributed by atoms with Crippen molar-refractivity contribution in [2.24, 2.45) is 23.7 Å². The maximum Gasteiger partial charge on any atom is 0.501 e. The Labute approximate surface area is 413 Å². The summed E-state index contributed by atoms with van der Waals surface area (Å²) in [5, 5.41) is 0. The minimum atomic E-state index is -3.96. The first-order chi connectivity index (χ1) is 27.9. The van der Waals surface area contributed by atoms with Gasteiger partial charge in [0.2, 0.25) is 0 Å². The van der Waals surface area contributed by atoms with Crippen LogP contribution in [-0.4, -0.2) is 86.8 Å². The van der Waals surface area contributed by atoms with Gasteiger partial charge in [-0.3, -0.25) is 0 Å². The van der Waals surface area contributed by atoms with E-state index in [-0.39, 0.29) is 12.0 Å². The van der Waals surface area contributed by atoms with Gasteiger partial charge in [0.05, 0.1) is 0 Å². The molecule has 0 saturated heterocycles. The van der Waals surface area contributed by atoms with Crippen LogP contribution in [0.5, 0.6) is 0 Å². The van der Waals surface area contributed by atoms with E-state index in [0.29, 0.717) is 37.6 Å². The lowest BCUT2D eigenvalue weighted by Gasteiger charge is -2.32. The fraction of sp³-hybridized carbons (Fsp3) is 1.00. The number of hydrogen-bond acceptors (Lipinski definition) is 11. The molecule has 0 aromatic heterocycles. The van der Waals surface area contributed by atoms with E-state index >= 15 is 0 Å². The van der Waals surface area contributed by atoms with Gasteiger partial charge in [-0.05, 0) is 92.0 Å². The van der Waals surface area contributed by atoms with Crippen molar-refractivity contribution in [1.29, 1.82) is 0 Å². The molecular weight excluding hydrogens is 1040 g/mol. The molecule has 59 heavy (non-hydrogen) atoms. The Morgan fingerprint density at radius 3 is 1.05 bits per heavy atom. The third-order valence-electron chi connectivity index (χ3n) is 10.4. The van der Waals surface area contributed by atoms with Crippen LogP contribution >= 0.6 is 119 Å². The lowest BCUT2D eigenvalue weighted by atomic mass is 9.93. The molecule has 0 aliphatic heterocycles. The van der Waals surface area contributed by atoms with E-state index in [2.05, 4.69) is 13.8 Å². The molecular formula is C38H80Cl6O6S5Si4. The van der Waals surface area contributed by atoms with Gasteiger partial charge in [-0.1, -0.05) is 147 Å².